The third-order valence-electron chi connectivity index (χ3n) is 8.95. The summed E-state index contributed by atoms with van der Waals surface area (Å²) in [5, 5.41) is 1.31. The predicted molar refractivity (Wildman–Crippen MR) is 145 cm³/mol. The molecule has 3 aromatic rings. The molecule has 1 heterocycles. The van der Waals surface area contributed by atoms with Crippen LogP contribution in [0.3, 0.4) is 0 Å². The average Bonchev–Trinajstić information content (AvgIpc) is 3.47. The zero-order valence-electron chi connectivity index (χ0n) is 21.1. The highest BCUT2D eigenvalue weighted by molar-refractivity contribution is 7.77. The van der Waals surface area contributed by atoms with Crippen LogP contribution >= 0.6 is 0 Å². The van der Waals surface area contributed by atoms with Gasteiger partial charge in [0.2, 0.25) is 11.3 Å². The molecule has 0 saturated heterocycles. The molecule has 5 nitrogen and oxygen atoms in total. The third kappa shape index (κ3) is 4.86. The summed E-state index contributed by atoms with van der Waals surface area (Å²) in [5.41, 5.74) is 5.31. The predicted octanol–water partition coefficient (Wildman–Crippen LogP) is 6.25. The van der Waals surface area contributed by atoms with Gasteiger partial charge in [-0.1, -0.05) is 61.4 Å². The van der Waals surface area contributed by atoms with E-state index in [2.05, 4.69) is 83.3 Å². The second kappa shape index (κ2) is 10.2. The molecule has 0 spiro atoms. The standard InChI is InChI=1S/C29H39N3O2S/c1-32(2)29(23-10-4-3-5-11-23)20-14-22(15-21-29)27-25(24-12-6-7-13-26(24)30-27)16-19-28(31-35(33)34)17-8-9-18-28/h3-7,10-13,22,30-31H,8-9,14-21H2,1-2H3,(H,33,34). The Hall–Kier alpha value is -1.99. The average molecular weight is 494 g/mol. The summed E-state index contributed by atoms with van der Waals surface area (Å²) in [6.45, 7) is 0. The summed E-state index contributed by atoms with van der Waals surface area (Å²) in [6, 6.07) is 19.7. The van der Waals surface area contributed by atoms with Gasteiger partial charge in [-0.3, -0.25) is 9.45 Å². The van der Waals surface area contributed by atoms with E-state index in [9.17, 15) is 8.76 Å². The van der Waals surface area contributed by atoms with E-state index < -0.39 is 11.3 Å². The van der Waals surface area contributed by atoms with Crippen molar-refractivity contribution in [3.63, 3.8) is 0 Å². The maximum Gasteiger partial charge on any atom is 0.232 e. The van der Waals surface area contributed by atoms with Crippen LogP contribution in [0.15, 0.2) is 54.6 Å². The highest BCUT2D eigenvalue weighted by Gasteiger charge is 2.40. The van der Waals surface area contributed by atoms with Crippen molar-refractivity contribution < 1.29 is 8.76 Å². The number of hydrogen-bond donors (Lipinski definition) is 3. The van der Waals surface area contributed by atoms with Gasteiger partial charge in [-0.25, -0.2) is 8.93 Å². The van der Waals surface area contributed by atoms with Gasteiger partial charge in [-0.15, -0.1) is 0 Å². The molecule has 2 saturated carbocycles. The molecule has 0 radical (unpaired) electrons. The Kier molecular flexibility index (Phi) is 7.18. The maximum atomic E-state index is 11.7. The molecule has 2 aliphatic rings. The van der Waals surface area contributed by atoms with Crippen molar-refractivity contribution in [2.24, 2.45) is 0 Å². The Morgan fingerprint density at radius 1 is 1.00 bits per heavy atom. The van der Waals surface area contributed by atoms with Crippen LogP contribution in [0.1, 0.15) is 80.5 Å². The third-order valence-corrected chi connectivity index (χ3v) is 9.56. The topological polar surface area (TPSA) is 68.4 Å². The lowest BCUT2D eigenvalue weighted by atomic mass is 9.70. The van der Waals surface area contributed by atoms with Gasteiger partial charge in [0.1, 0.15) is 0 Å². The highest BCUT2D eigenvalue weighted by Crippen LogP contribution is 2.47. The zero-order chi connectivity index (χ0) is 24.5. The van der Waals surface area contributed by atoms with Crippen molar-refractivity contribution in [1.82, 2.24) is 14.6 Å². The fourth-order valence-electron chi connectivity index (χ4n) is 6.97. The monoisotopic (exact) mass is 493 g/mol. The van der Waals surface area contributed by atoms with Gasteiger partial charge in [0.15, 0.2) is 0 Å². The van der Waals surface area contributed by atoms with E-state index in [0.29, 0.717) is 5.92 Å². The molecule has 0 aliphatic heterocycles. The maximum absolute atomic E-state index is 11.7. The van der Waals surface area contributed by atoms with E-state index in [4.69, 9.17) is 0 Å². The minimum absolute atomic E-state index is 0.0902. The highest BCUT2D eigenvalue weighted by atomic mass is 32.2. The Morgan fingerprint density at radius 2 is 1.66 bits per heavy atom. The fourth-order valence-corrected chi connectivity index (χ4v) is 7.65. The molecule has 5 rings (SSSR count). The Labute approximate surface area is 212 Å². The number of fused-ring (bicyclic) bond motifs is 1. The van der Waals surface area contributed by atoms with Crippen LogP contribution in [0.2, 0.25) is 0 Å². The van der Waals surface area contributed by atoms with E-state index in [1.807, 2.05) is 0 Å². The first kappa shape index (κ1) is 24.7. The normalized spacial score (nSPS) is 25.3. The molecule has 188 valence electrons. The summed E-state index contributed by atoms with van der Waals surface area (Å²) in [4.78, 5) is 6.24. The van der Waals surface area contributed by atoms with Crippen molar-refractivity contribution in [2.45, 2.75) is 81.2 Å². The Bertz CT molecular complexity index is 1160. The van der Waals surface area contributed by atoms with Crippen molar-refractivity contribution >= 4 is 22.2 Å². The summed E-state index contributed by atoms with van der Waals surface area (Å²) in [7, 11) is 4.45. The summed E-state index contributed by atoms with van der Waals surface area (Å²) < 4.78 is 24.3. The first-order valence-electron chi connectivity index (χ1n) is 13.1. The fraction of sp³-hybridized carbons (Fsp3) is 0.517. The molecule has 2 aliphatic carbocycles. The van der Waals surface area contributed by atoms with Gasteiger partial charge in [0.05, 0.1) is 0 Å². The van der Waals surface area contributed by atoms with E-state index in [0.717, 1.165) is 64.2 Å². The van der Waals surface area contributed by atoms with Crippen LogP contribution < -0.4 is 4.72 Å². The number of aryl methyl sites for hydroxylation is 1. The van der Waals surface area contributed by atoms with E-state index in [-0.39, 0.29) is 11.1 Å². The van der Waals surface area contributed by atoms with Gasteiger partial charge in [-0.05, 0) is 88.6 Å². The van der Waals surface area contributed by atoms with Crippen molar-refractivity contribution in [3.8, 4) is 0 Å². The molecule has 2 fully saturated rings. The molecule has 1 unspecified atom stereocenters. The Morgan fingerprint density at radius 3 is 2.31 bits per heavy atom. The van der Waals surface area contributed by atoms with Crippen molar-refractivity contribution in [2.75, 3.05) is 14.1 Å². The molecular formula is C29H39N3O2S. The molecule has 35 heavy (non-hydrogen) atoms. The van der Waals surface area contributed by atoms with E-state index >= 15 is 0 Å². The molecule has 1 aromatic heterocycles. The number of H-pyrrole nitrogens is 1. The zero-order valence-corrected chi connectivity index (χ0v) is 21.9. The van der Waals surface area contributed by atoms with E-state index in [1.165, 1.54) is 27.7 Å². The van der Waals surface area contributed by atoms with Crippen LogP contribution in [0.4, 0.5) is 0 Å². The number of rotatable bonds is 8. The van der Waals surface area contributed by atoms with Crippen molar-refractivity contribution in [1.29, 1.82) is 0 Å². The quantitative estimate of drug-likeness (QED) is 0.325. The van der Waals surface area contributed by atoms with Gasteiger partial charge in [0.25, 0.3) is 0 Å². The number of aromatic nitrogens is 1. The van der Waals surface area contributed by atoms with Crippen molar-refractivity contribution in [3.05, 3.63) is 71.4 Å². The van der Waals surface area contributed by atoms with Crippen LogP contribution in [0.25, 0.3) is 10.9 Å². The lowest BCUT2D eigenvalue weighted by Crippen LogP contribution is -2.44. The largest absolute Gasteiger partial charge is 0.358 e. The van der Waals surface area contributed by atoms with Gasteiger partial charge >= 0.3 is 0 Å². The first-order valence-corrected chi connectivity index (χ1v) is 14.2. The molecule has 2 aromatic carbocycles. The minimum Gasteiger partial charge on any atom is -0.358 e. The second-order valence-corrected chi connectivity index (χ2v) is 11.7. The molecule has 0 bridgehead atoms. The molecule has 0 amide bonds. The number of nitrogens with one attached hydrogen (secondary N) is 2. The van der Waals surface area contributed by atoms with E-state index in [1.54, 1.807) is 0 Å². The Balaban J connectivity index is 1.41. The molecular weight excluding hydrogens is 454 g/mol. The van der Waals surface area contributed by atoms with Crippen LogP contribution in [-0.4, -0.2) is 38.3 Å². The van der Waals surface area contributed by atoms with Gasteiger partial charge < -0.3 is 4.98 Å². The smallest absolute Gasteiger partial charge is 0.232 e. The number of aromatic amines is 1. The van der Waals surface area contributed by atoms with Gasteiger partial charge in [0, 0.05) is 27.7 Å². The second-order valence-electron chi connectivity index (χ2n) is 11.0. The van der Waals surface area contributed by atoms with Gasteiger partial charge in [-0.2, -0.15) is 0 Å². The number of nitrogens with zero attached hydrogens (tertiary/aromatic N) is 1. The summed E-state index contributed by atoms with van der Waals surface area (Å²) in [6.07, 6.45) is 10.6. The molecule has 6 heteroatoms. The lowest BCUT2D eigenvalue weighted by molar-refractivity contribution is 0.0903. The lowest BCUT2D eigenvalue weighted by Gasteiger charge is -2.45. The number of benzene rings is 2. The SMILES string of the molecule is CN(C)C1(c2ccccc2)CCC(c2[nH]c3ccccc3c2CCC2(NS(=O)O)CCCC2)CC1. The summed E-state index contributed by atoms with van der Waals surface area (Å²) >= 11 is -1.97. The molecule has 1 atom stereocenters. The minimum atomic E-state index is -1.97. The molecule has 3 N–H and O–H groups in total. The first-order chi connectivity index (χ1) is 16.9. The van der Waals surface area contributed by atoms with Crippen LogP contribution in [0, 0.1) is 0 Å². The number of hydrogen-bond acceptors (Lipinski definition) is 2. The number of para-hydroxylation sites is 1. The van der Waals surface area contributed by atoms with Crippen LogP contribution in [0.5, 0.6) is 0 Å². The van der Waals surface area contributed by atoms with Crippen LogP contribution in [-0.2, 0) is 23.2 Å². The summed E-state index contributed by atoms with van der Waals surface area (Å²) in [5.74, 6) is 0.508.